The zero-order valence-corrected chi connectivity index (χ0v) is 26.2. The Bertz CT molecular complexity index is 1580. The average Bonchev–Trinajstić information content (AvgIpc) is 3.63. The Morgan fingerprint density at radius 1 is 1.14 bits per heavy atom. The number of aryl methyl sites for hydroxylation is 1. The number of nitrogens with one attached hydrogen (secondary N) is 2. The molecule has 2 saturated carbocycles. The molecule has 2 N–H and O–H groups in total. The maximum atomic E-state index is 13.7. The molecule has 0 unspecified atom stereocenters. The summed E-state index contributed by atoms with van der Waals surface area (Å²) in [4.78, 5) is 15.8. The zero-order chi connectivity index (χ0) is 30.2. The van der Waals surface area contributed by atoms with Gasteiger partial charge in [-0.25, -0.2) is 9.18 Å². The summed E-state index contributed by atoms with van der Waals surface area (Å²) in [7, 11) is 0. The van der Waals surface area contributed by atoms with Gasteiger partial charge in [-0.05, 0) is 127 Å². The van der Waals surface area contributed by atoms with Gasteiger partial charge in [0, 0.05) is 36.0 Å². The van der Waals surface area contributed by atoms with Crippen LogP contribution in [0.1, 0.15) is 81.9 Å². The first kappa shape index (κ1) is 28.6. The summed E-state index contributed by atoms with van der Waals surface area (Å²) in [6.07, 6.45) is 10.4. The second-order valence-electron chi connectivity index (χ2n) is 14.9. The van der Waals surface area contributed by atoms with E-state index in [1.54, 1.807) is 6.07 Å². The number of halogens is 1. The van der Waals surface area contributed by atoms with E-state index in [4.69, 9.17) is 14.2 Å². The minimum Gasteiger partial charge on any atom is -0.410 e. The molecule has 234 valence electrons. The predicted molar refractivity (Wildman–Crippen MR) is 167 cm³/mol. The molecule has 0 bridgehead atoms. The molecule has 44 heavy (non-hydrogen) atoms. The van der Waals surface area contributed by atoms with Gasteiger partial charge in [0.2, 0.25) is 0 Å². The molecule has 1 aromatic heterocycles. The van der Waals surface area contributed by atoms with E-state index in [0.29, 0.717) is 65.7 Å². The number of carbonyl (C=O) groups excluding carboxylic acids is 1. The molecule has 0 radical (unpaired) electrons. The first-order valence-electron chi connectivity index (χ1n) is 16.9. The highest BCUT2D eigenvalue weighted by atomic mass is 19.1. The number of aromatic nitrogens is 1. The molecule has 8 rings (SSSR count). The third kappa shape index (κ3) is 4.52. The van der Waals surface area contributed by atoms with Crippen LogP contribution >= 0.6 is 0 Å². The van der Waals surface area contributed by atoms with E-state index in [0.717, 1.165) is 42.3 Å². The smallest absolute Gasteiger partial charge is 0.410 e. The summed E-state index contributed by atoms with van der Waals surface area (Å²) in [5.41, 5.74) is 4.94. The Balaban J connectivity index is 0.908. The number of ether oxygens (including phenoxy) is 3. The maximum Gasteiger partial charge on any atom is 0.412 e. The minimum atomic E-state index is -0.459. The van der Waals surface area contributed by atoms with Crippen molar-refractivity contribution in [2.45, 2.75) is 89.9 Å². The fourth-order valence-electron chi connectivity index (χ4n) is 10.4. The lowest BCUT2D eigenvalue weighted by molar-refractivity contribution is -0.272. The zero-order valence-electron chi connectivity index (χ0n) is 26.2. The van der Waals surface area contributed by atoms with Crippen molar-refractivity contribution in [3.05, 3.63) is 65.1 Å². The van der Waals surface area contributed by atoms with Gasteiger partial charge >= 0.3 is 6.09 Å². The Hall–Kier alpha value is -2.90. The van der Waals surface area contributed by atoms with Crippen molar-refractivity contribution >= 4 is 17.0 Å². The van der Waals surface area contributed by atoms with Crippen LogP contribution in [0.15, 0.2) is 42.6 Å². The molecule has 2 saturated heterocycles. The van der Waals surface area contributed by atoms with Gasteiger partial charge in [-0.3, -0.25) is 0 Å². The SMILES string of the molecule is C[C@@H]1CC[C@@]2(OC1)O[C@H]1C[C@H]3[C@@H]4CCc5cc(OC(=O)NCCc6c[nH]c7ccc(F)cc67)ccc5[C@H]4CC[C@]3(C)[C@H]1[C@@H]2C. The number of hydrogen-bond acceptors (Lipinski definition) is 4. The number of hydrogen-bond donors (Lipinski definition) is 2. The number of aromatic amines is 1. The van der Waals surface area contributed by atoms with Crippen LogP contribution < -0.4 is 10.1 Å². The lowest BCUT2D eigenvalue weighted by Gasteiger charge is -2.52. The summed E-state index contributed by atoms with van der Waals surface area (Å²) in [6, 6.07) is 11.0. The quantitative estimate of drug-likeness (QED) is 0.319. The molecule has 3 aliphatic carbocycles. The fourth-order valence-corrected chi connectivity index (χ4v) is 10.4. The Morgan fingerprint density at radius 3 is 2.86 bits per heavy atom. The number of carbonyl (C=O) groups is 1. The van der Waals surface area contributed by atoms with Crippen molar-refractivity contribution in [3.8, 4) is 5.75 Å². The summed E-state index contributed by atoms with van der Waals surface area (Å²) in [6.45, 7) is 8.51. The molecule has 1 spiro atoms. The van der Waals surface area contributed by atoms with Crippen LogP contribution in [0.3, 0.4) is 0 Å². The van der Waals surface area contributed by atoms with Crippen molar-refractivity contribution in [1.82, 2.24) is 10.3 Å². The van der Waals surface area contributed by atoms with E-state index in [1.165, 1.54) is 48.9 Å². The molecule has 7 heteroatoms. The Kier molecular flexibility index (Phi) is 6.87. The van der Waals surface area contributed by atoms with Crippen LogP contribution in [0.25, 0.3) is 10.9 Å². The third-order valence-corrected chi connectivity index (χ3v) is 12.6. The van der Waals surface area contributed by atoms with Crippen molar-refractivity contribution in [2.24, 2.45) is 35.0 Å². The van der Waals surface area contributed by atoms with Crippen molar-refractivity contribution in [2.75, 3.05) is 13.2 Å². The molecular weight excluding hydrogens is 555 g/mol. The van der Waals surface area contributed by atoms with E-state index in [1.807, 2.05) is 12.3 Å². The van der Waals surface area contributed by atoms with Crippen molar-refractivity contribution in [3.63, 3.8) is 0 Å². The minimum absolute atomic E-state index is 0.265. The van der Waals surface area contributed by atoms with Crippen LogP contribution in [-0.4, -0.2) is 36.1 Å². The summed E-state index contributed by atoms with van der Waals surface area (Å²) >= 11 is 0. The largest absolute Gasteiger partial charge is 0.412 e. The standard InChI is InChI=1S/C37H45FN2O4/c1-21-10-14-37(42-20-21)22(2)34-33(44-37)18-31-29-7-4-23-16-26(6-8-27(23)28(29)11-13-36(31,34)3)43-35(41)39-15-12-24-19-40-32-9-5-25(38)17-30(24)32/h5-6,8-9,16-17,19,21-22,28-29,31,33-34,40H,4,7,10-15,18,20H2,1-3H3,(H,39,41)/t21-,22+,28-,29-,31+,33+,34+,36+,37-/m1/s1. The average molecular weight is 601 g/mol. The molecule has 6 nitrogen and oxygen atoms in total. The fraction of sp³-hybridized carbons (Fsp3) is 0.595. The molecule has 5 aliphatic rings. The highest BCUT2D eigenvalue weighted by molar-refractivity contribution is 5.83. The molecule has 3 heterocycles. The van der Waals surface area contributed by atoms with Gasteiger partial charge in [0.25, 0.3) is 0 Å². The monoisotopic (exact) mass is 600 g/mol. The summed E-state index contributed by atoms with van der Waals surface area (Å²) in [5.74, 6) is 3.55. The summed E-state index contributed by atoms with van der Waals surface area (Å²) in [5, 5.41) is 3.70. The van der Waals surface area contributed by atoms with Gasteiger partial charge in [0.05, 0.1) is 12.7 Å². The summed E-state index contributed by atoms with van der Waals surface area (Å²) < 4.78 is 32.8. The highest BCUT2D eigenvalue weighted by Crippen LogP contribution is 2.69. The maximum absolute atomic E-state index is 13.7. The second kappa shape index (κ2) is 10.6. The van der Waals surface area contributed by atoms with E-state index in [2.05, 4.69) is 43.2 Å². The molecule has 4 fully saturated rings. The van der Waals surface area contributed by atoms with E-state index in [9.17, 15) is 9.18 Å². The lowest BCUT2D eigenvalue weighted by atomic mass is 9.53. The van der Waals surface area contributed by atoms with Gasteiger partial charge in [-0.1, -0.05) is 26.8 Å². The molecular formula is C37H45FN2O4. The van der Waals surface area contributed by atoms with Crippen molar-refractivity contribution in [1.29, 1.82) is 0 Å². The highest BCUT2D eigenvalue weighted by Gasteiger charge is 2.67. The van der Waals surface area contributed by atoms with E-state index < -0.39 is 6.09 Å². The number of H-pyrrole nitrogens is 1. The second-order valence-corrected chi connectivity index (χ2v) is 14.9. The number of benzene rings is 2. The number of rotatable bonds is 4. The number of amides is 1. The van der Waals surface area contributed by atoms with Gasteiger partial charge in [-0.2, -0.15) is 0 Å². The van der Waals surface area contributed by atoms with Gasteiger partial charge in [0.15, 0.2) is 5.79 Å². The van der Waals surface area contributed by atoms with Crippen LogP contribution in [-0.2, 0) is 22.3 Å². The lowest BCUT2D eigenvalue weighted by Crippen LogP contribution is -2.48. The Labute approximate surface area is 259 Å². The number of fused-ring (bicyclic) bond motifs is 8. The molecule has 2 aliphatic heterocycles. The van der Waals surface area contributed by atoms with Crippen LogP contribution in [0.2, 0.25) is 0 Å². The van der Waals surface area contributed by atoms with E-state index >= 15 is 0 Å². The van der Waals surface area contributed by atoms with Crippen LogP contribution in [0.5, 0.6) is 5.75 Å². The van der Waals surface area contributed by atoms with Gasteiger partial charge in [0.1, 0.15) is 11.6 Å². The Morgan fingerprint density at radius 2 is 2.02 bits per heavy atom. The molecule has 1 amide bonds. The molecule has 3 aromatic rings. The predicted octanol–water partition coefficient (Wildman–Crippen LogP) is 7.90. The van der Waals surface area contributed by atoms with Crippen LogP contribution in [0.4, 0.5) is 9.18 Å². The van der Waals surface area contributed by atoms with Crippen LogP contribution in [0, 0.1) is 40.8 Å². The normalized spacial score (nSPS) is 37.3. The third-order valence-electron chi connectivity index (χ3n) is 12.6. The first-order valence-corrected chi connectivity index (χ1v) is 16.9. The topological polar surface area (TPSA) is 72.6 Å². The first-order chi connectivity index (χ1) is 21.2. The van der Waals surface area contributed by atoms with Crippen molar-refractivity contribution < 1.29 is 23.4 Å². The van der Waals surface area contributed by atoms with Gasteiger partial charge < -0.3 is 24.5 Å². The molecule has 9 atom stereocenters. The van der Waals surface area contributed by atoms with E-state index in [-0.39, 0.29) is 11.6 Å². The molecule has 2 aromatic carbocycles. The van der Waals surface area contributed by atoms with Gasteiger partial charge in [-0.15, -0.1) is 0 Å².